The average molecular weight is 265 g/mol. The summed E-state index contributed by atoms with van der Waals surface area (Å²) in [6.07, 6.45) is 1.61. The highest BCUT2D eigenvalue weighted by molar-refractivity contribution is 5.37. The molecule has 0 radical (unpaired) electrons. The maximum atomic E-state index is 9.32. The zero-order chi connectivity index (χ0) is 14.4. The fourth-order valence-electron chi connectivity index (χ4n) is 2.68. The molecule has 0 saturated carbocycles. The molecule has 3 heteroatoms. The molecule has 1 aromatic rings. The summed E-state index contributed by atoms with van der Waals surface area (Å²) < 4.78 is 0. The highest BCUT2D eigenvalue weighted by Gasteiger charge is 2.13. The lowest BCUT2D eigenvalue weighted by Crippen LogP contribution is -2.37. The third-order valence-corrected chi connectivity index (χ3v) is 3.85. The van der Waals surface area contributed by atoms with Crippen LogP contribution in [0.15, 0.2) is 12.1 Å². The van der Waals surface area contributed by atoms with E-state index >= 15 is 0 Å². The molecule has 108 valence electrons. The summed E-state index contributed by atoms with van der Waals surface area (Å²) in [6, 6.07) is 4.50. The largest absolute Gasteiger partial charge is 0.396 e. The molecule has 1 atom stereocenters. The van der Waals surface area contributed by atoms with Gasteiger partial charge in [-0.25, -0.2) is 0 Å². The summed E-state index contributed by atoms with van der Waals surface area (Å²) >= 11 is 0. The van der Waals surface area contributed by atoms with E-state index < -0.39 is 0 Å². The first-order chi connectivity index (χ1) is 8.99. The maximum absolute atomic E-state index is 9.32. The maximum Gasteiger partial charge on any atom is 0.0587 e. The minimum Gasteiger partial charge on any atom is -0.396 e. The topological polar surface area (TPSA) is 43.7 Å². The molecule has 1 rings (SSSR count). The fraction of sp³-hybridized carbons (Fsp3) is 0.625. The lowest BCUT2D eigenvalue weighted by molar-refractivity contribution is 0.120. The van der Waals surface area contributed by atoms with E-state index in [9.17, 15) is 5.11 Å². The van der Waals surface area contributed by atoms with E-state index in [1.54, 1.807) is 0 Å². The van der Waals surface area contributed by atoms with E-state index in [1.165, 1.54) is 22.3 Å². The molecule has 1 unspecified atom stereocenters. The third-order valence-electron chi connectivity index (χ3n) is 3.85. The van der Waals surface area contributed by atoms with Crippen LogP contribution in [0.4, 0.5) is 0 Å². The standard InChI is InChI=1S/C16H27NO2/c1-12-9-13(2)16(14(3)10-12)5-7-17(4)15(11-19)6-8-18/h9-10,15,18-19H,5-8,11H2,1-4H3. The predicted molar refractivity (Wildman–Crippen MR) is 79.6 cm³/mol. The molecule has 0 aliphatic rings. The van der Waals surface area contributed by atoms with Crippen molar-refractivity contribution >= 4 is 0 Å². The highest BCUT2D eigenvalue weighted by Crippen LogP contribution is 2.17. The molecule has 3 nitrogen and oxygen atoms in total. The highest BCUT2D eigenvalue weighted by atomic mass is 16.3. The quantitative estimate of drug-likeness (QED) is 0.790. The van der Waals surface area contributed by atoms with Gasteiger partial charge in [0.25, 0.3) is 0 Å². The Kier molecular flexibility index (Phi) is 6.49. The Morgan fingerprint density at radius 1 is 1.11 bits per heavy atom. The second-order valence-electron chi connectivity index (χ2n) is 5.46. The Hall–Kier alpha value is -0.900. The summed E-state index contributed by atoms with van der Waals surface area (Å²) in [7, 11) is 2.01. The number of rotatable bonds is 7. The van der Waals surface area contributed by atoms with Gasteiger partial charge in [0.05, 0.1) is 6.61 Å². The first kappa shape index (κ1) is 16.2. The Balaban J connectivity index is 2.66. The van der Waals surface area contributed by atoms with Gasteiger partial charge in [0, 0.05) is 19.2 Å². The van der Waals surface area contributed by atoms with Gasteiger partial charge in [-0.2, -0.15) is 0 Å². The molecule has 0 fully saturated rings. The van der Waals surface area contributed by atoms with Gasteiger partial charge in [-0.3, -0.25) is 0 Å². The Morgan fingerprint density at radius 2 is 1.68 bits per heavy atom. The van der Waals surface area contributed by atoms with Crippen LogP contribution in [0.25, 0.3) is 0 Å². The van der Waals surface area contributed by atoms with Crippen molar-refractivity contribution in [3.8, 4) is 0 Å². The second kappa shape index (κ2) is 7.63. The van der Waals surface area contributed by atoms with Crippen LogP contribution >= 0.6 is 0 Å². The average Bonchev–Trinajstić information content (AvgIpc) is 2.34. The number of nitrogens with zero attached hydrogens (tertiary/aromatic N) is 1. The SMILES string of the molecule is Cc1cc(C)c(CCN(C)C(CO)CCO)c(C)c1. The summed E-state index contributed by atoms with van der Waals surface area (Å²) in [5, 5.41) is 18.3. The van der Waals surface area contributed by atoms with Gasteiger partial charge in [0.2, 0.25) is 0 Å². The van der Waals surface area contributed by atoms with Crippen molar-refractivity contribution in [2.24, 2.45) is 0 Å². The normalized spacial score (nSPS) is 13.0. The van der Waals surface area contributed by atoms with Crippen molar-refractivity contribution in [2.45, 2.75) is 39.7 Å². The number of likely N-dealkylation sites (N-methyl/N-ethyl adjacent to an activating group) is 1. The first-order valence-electron chi connectivity index (χ1n) is 6.98. The predicted octanol–water partition coefficient (Wildman–Crippen LogP) is 1.83. The van der Waals surface area contributed by atoms with Gasteiger partial charge in [-0.05, 0) is 57.4 Å². The van der Waals surface area contributed by atoms with Gasteiger partial charge in [0.15, 0.2) is 0 Å². The molecule has 0 aliphatic carbocycles. The lowest BCUT2D eigenvalue weighted by atomic mass is 9.97. The van der Waals surface area contributed by atoms with E-state index in [-0.39, 0.29) is 19.3 Å². The van der Waals surface area contributed by atoms with Crippen molar-refractivity contribution in [3.63, 3.8) is 0 Å². The van der Waals surface area contributed by atoms with Crippen LogP contribution in [-0.2, 0) is 6.42 Å². The molecule has 0 heterocycles. The van der Waals surface area contributed by atoms with Gasteiger partial charge in [0.1, 0.15) is 0 Å². The zero-order valence-electron chi connectivity index (χ0n) is 12.6. The zero-order valence-corrected chi connectivity index (χ0v) is 12.6. The van der Waals surface area contributed by atoms with Crippen LogP contribution in [0, 0.1) is 20.8 Å². The van der Waals surface area contributed by atoms with E-state index in [1.807, 2.05) is 7.05 Å². The van der Waals surface area contributed by atoms with Crippen molar-refractivity contribution in [1.82, 2.24) is 4.90 Å². The van der Waals surface area contributed by atoms with Crippen molar-refractivity contribution < 1.29 is 10.2 Å². The Bertz CT molecular complexity index is 381. The minimum absolute atomic E-state index is 0.0519. The molecule has 19 heavy (non-hydrogen) atoms. The van der Waals surface area contributed by atoms with Crippen LogP contribution in [0.2, 0.25) is 0 Å². The Labute approximate surface area is 116 Å². The second-order valence-corrected chi connectivity index (χ2v) is 5.46. The summed E-state index contributed by atoms with van der Waals surface area (Å²) in [4.78, 5) is 2.13. The summed E-state index contributed by atoms with van der Waals surface area (Å²) in [5.74, 6) is 0. The molecule has 0 amide bonds. The van der Waals surface area contributed by atoms with Crippen LogP contribution in [-0.4, -0.2) is 48.0 Å². The number of aliphatic hydroxyl groups is 2. The van der Waals surface area contributed by atoms with E-state index in [0.29, 0.717) is 6.42 Å². The van der Waals surface area contributed by atoms with Crippen LogP contribution in [0.1, 0.15) is 28.7 Å². The molecule has 0 saturated heterocycles. The fourth-order valence-corrected chi connectivity index (χ4v) is 2.68. The van der Waals surface area contributed by atoms with E-state index in [2.05, 4.69) is 37.8 Å². The number of aliphatic hydroxyl groups excluding tert-OH is 2. The van der Waals surface area contributed by atoms with Gasteiger partial charge >= 0.3 is 0 Å². The number of hydrogen-bond acceptors (Lipinski definition) is 3. The monoisotopic (exact) mass is 265 g/mol. The molecule has 0 aromatic heterocycles. The molecule has 0 bridgehead atoms. The molecule has 0 spiro atoms. The van der Waals surface area contributed by atoms with Crippen molar-refractivity contribution in [3.05, 3.63) is 34.4 Å². The van der Waals surface area contributed by atoms with E-state index in [0.717, 1.165) is 13.0 Å². The molecular weight excluding hydrogens is 238 g/mol. The minimum atomic E-state index is 0.0519. The van der Waals surface area contributed by atoms with Crippen LogP contribution < -0.4 is 0 Å². The van der Waals surface area contributed by atoms with Gasteiger partial charge in [-0.1, -0.05) is 17.7 Å². The molecule has 0 aliphatic heterocycles. The third kappa shape index (κ3) is 4.60. The van der Waals surface area contributed by atoms with Crippen molar-refractivity contribution in [2.75, 3.05) is 26.8 Å². The number of hydrogen-bond donors (Lipinski definition) is 2. The molecule has 2 N–H and O–H groups in total. The van der Waals surface area contributed by atoms with Crippen molar-refractivity contribution in [1.29, 1.82) is 0 Å². The smallest absolute Gasteiger partial charge is 0.0587 e. The van der Waals surface area contributed by atoms with Gasteiger partial charge in [-0.15, -0.1) is 0 Å². The first-order valence-corrected chi connectivity index (χ1v) is 6.98. The summed E-state index contributed by atoms with van der Waals surface area (Å²) in [5.41, 5.74) is 5.39. The number of aryl methyl sites for hydroxylation is 3. The van der Waals surface area contributed by atoms with Crippen LogP contribution in [0.5, 0.6) is 0 Å². The number of benzene rings is 1. The lowest BCUT2D eigenvalue weighted by Gasteiger charge is -2.26. The Morgan fingerprint density at radius 3 is 2.16 bits per heavy atom. The molecule has 1 aromatic carbocycles. The van der Waals surface area contributed by atoms with E-state index in [4.69, 9.17) is 5.11 Å². The molecular formula is C16H27NO2. The van der Waals surface area contributed by atoms with Crippen LogP contribution in [0.3, 0.4) is 0 Å². The summed E-state index contributed by atoms with van der Waals surface area (Å²) in [6.45, 7) is 7.56. The van der Waals surface area contributed by atoms with Gasteiger partial charge < -0.3 is 15.1 Å².